The quantitative estimate of drug-likeness (QED) is 0.0912. The van der Waals surface area contributed by atoms with Crippen LogP contribution in [0.15, 0.2) is 53.2 Å². The maximum Gasteiger partial charge on any atom is 0.259 e. The fraction of sp³-hybridized carbons (Fsp3) is 0.500. The first-order valence-corrected chi connectivity index (χ1v) is 23.6. The summed E-state index contributed by atoms with van der Waals surface area (Å²) in [4.78, 5) is 35.7. The minimum Gasteiger partial charge on any atom is -0.386 e. The molecule has 3 aromatic heterocycles. The minimum atomic E-state index is -3.79. The van der Waals surface area contributed by atoms with Crippen LogP contribution < -0.4 is 10.3 Å². The number of rotatable bonds is 15. The topological polar surface area (TPSA) is 211 Å². The first-order valence-electron chi connectivity index (χ1n) is 18.8. The molecule has 2 unspecified atom stereocenters. The summed E-state index contributed by atoms with van der Waals surface area (Å²) in [6.07, 6.45) is 2.42. The predicted octanol–water partition coefficient (Wildman–Crippen LogP) is 8.21. The Morgan fingerprint density at radius 2 is 1.38 bits per heavy atom. The molecule has 0 fully saturated rings. The maximum absolute atomic E-state index is 15.9. The number of nitrogens with two attached hydrogens (primary N) is 2. The van der Waals surface area contributed by atoms with Gasteiger partial charge in [-0.3, -0.25) is 14.6 Å². The van der Waals surface area contributed by atoms with Crippen LogP contribution in [0.2, 0.25) is 0 Å². The van der Waals surface area contributed by atoms with Crippen molar-refractivity contribution in [2.75, 3.05) is 0 Å². The first kappa shape index (κ1) is 47.3. The predicted molar refractivity (Wildman–Crippen MR) is 225 cm³/mol. The second-order valence-electron chi connectivity index (χ2n) is 16.3. The van der Waals surface area contributed by atoms with Gasteiger partial charge in [0.25, 0.3) is 11.8 Å². The lowest BCUT2D eigenvalue weighted by atomic mass is 9.82. The number of hydrogen-bond acceptors (Lipinski definition) is 10. The van der Waals surface area contributed by atoms with Crippen LogP contribution in [0.3, 0.4) is 0 Å². The van der Waals surface area contributed by atoms with Gasteiger partial charge in [0.2, 0.25) is 4.34 Å². The highest BCUT2D eigenvalue weighted by molar-refractivity contribution is 7.94. The normalized spacial score (nSPS) is 15.6. The Balaban J connectivity index is 1.64. The van der Waals surface area contributed by atoms with Gasteiger partial charge < -0.3 is 10.2 Å². The van der Waals surface area contributed by atoms with E-state index in [-0.39, 0.29) is 38.3 Å². The van der Waals surface area contributed by atoms with Crippen molar-refractivity contribution in [3.63, 3.8) is 0 Å². The van der Waals surface area contributed by atoms with Crippen LogP contribution in [0.4, 0.5) is 8.78 Å². The molecule has 3 heterocycles. The van der Waals surface area contributed by atoms with Crippen LogP contribution in [-0.2, 0) is 53.5 Å². The van der Waals surface area contributed by atoms with E-state index in [0.717, 1.165) is 34.4 Å². The number of carbonyl (C=O) groups excluding carboxylic acids is 2. The lowest BCUT2D eigenvalue weighted by Crippen LogP contribution is -2.18. The number of aliphatic hydroxyl groups is 2. The smallest absolute Gasteiger partial charge is 0.259 e. The number of pyridine rings is 1. The molecule has 4 aromatic rings. The van der Waals surface area contributed by atoms with Crippen molar-refractivity contribution < 1.29 is 37.0 Å². The molecule has 0 spiro atoms. The summed E-state index contributed by atoms with van der Waals surface area (Å²) >= 11 is 1.90. The van der Waals surface area contributed by atoms with Gasteiger partial charge in [-0.2, -0.15) is 0 Å². The number of carbonyl (C=O) groups is 2. The van der Waals surface area contributed by atoms with Gasteiger partial charge in [0.15, 0.2) is 19.8 Å². The molecule has 1 aromatic carbocycles. The molecule has 0 aliphatic carbocycles. The van der Waals surface area contributed by atoms with Crippen molar-refractivity contribution in [3.05, 3.63) is 91.6 Å². The molecule has 0 bridgehead atoms. The summed E-state index contributed by atoms with van der Waals surface area (Å²) in [5, 5.41) is 34.3. The maximum atomic E-state index is 15.9. The van der Waals surface area contributed by atoms with E-state index >= 15 is 8.78 Å². The number of thiazole rings is 1. The summed E-state index contributed by atoms with van der Waals surface area (Å²) in [6.45, 7) is 17.3. The Morgan fingerprint density at radius 3 is 1.91 bits per heavy atom. The highest BCUT2D eigenvalue weighted by atomic mass is 32.2. The summed E-state index contributed by atoms with van der Waals surface area (Å²) in [6, 6.07) is 4.45. The zero-order valence-corrected chi connectivity index (χ0v) is 37.7. The third-order valence-electron chi connectivity index (χ3n) is 9.78. The van der Waals surface area contributed by atoms with E-state index < -0.39 is 66.8 Å². The molecule has 0 radical (unpaired) electrons. The van der Waals surface area contributed by atoms with Crippen molar-refractivity contribution in [1.82, 2.24) is 9.97 Å². The van der Waals surface area contributed by atoms with Crippen LogP contribution in [0.5, 0.6) is 0 Å². The molecule has 18 heteroatoms. The van der Waals surface area contributed by atoms with E-state index in [0.29, 0.717) is 45.7 Å². The average molecular weight is 881 g/mol. The average Bonchev–Trinajstić information content (AvgIpc) is 3.79. The van der Waals surface area contributed by atoms with Gasteiger partial charge in [0.05, 0.1) is 35.1 Å². The van der Waals surface area contributed by atoms with E-state index in [2.05, 4.69) is 18.7 Å². The summed E-state index contributed by atoms with van der Waals surface area (Å²) in [5.41, 5.74) is 0.415. The number of aromatic nitrogens is 2. The molecular formula is C40H54F2N6O6S4. The van der Waals surface area contributed by atoms with Crippen molar-refractivity contribution >= 4 is 54.3 Å². The van der Waals surface area contributed by atoms with Crippen molar-refractivity contribution in [2.24, 2.45) is 19.0 Å². The van der Waals surface area contributed by atoms with Gasteiger partial charge in [-0.15, -0.1) is 31.4 Å². The molecule has 0 aliphatic heterocycles. The number of nitrogens with zero attached hydrogens (tertiary/aromatic N) is 4. The molecule has 58 heavy (non-hydrogen) atoms. The Labute approximate surface area is 348 Å². The van der Waals surface area contributed by atoms with Gasteiger partial charge in [-0.25, -0.2) is 32.5 Å². The first-order chi connectivity index (χ1) is 26.6. The Bertz CT molecular complexity index is 2430. The van der Waals surface area contributed by atoms with Gasteiger partial charge in [-0.05, 0) is 115 Å². The van der Waals surface area contributed by atoms with Crippen molar-refractivity contribution in [1.29, 1.82) is 0 Å². The molecule has 4 rings (SSSR count). The van der Waals surface area contributed by atoms with Gasteiger partial charge in [0, 0.05) is 11.9 Å². The number of benzene rings is 1. The lowest BCUT2D eigenvalue weighted by molar-refractivity contribution is -0.117. The summed E-state index contributed by atoms with van der Waals surface area (Å²) < 4.78 is 65.7. The second-order valence-corrected chi connectivity index (χ2v) is 22.3. The molecule has 0 saturated heterocycles. The zero-order valence-electron chi connectivity index (χ0n) is 34.5. The number of amides is 2. The van der Waals surface area contributed by atoms with E-state index in [9.17, 15) is 28.2 Å². The van der Waals surface area contributed by atoms with E-state index in [1.807, 2.05) is 27.7 Å². The fourth-order valence-corrected chi connectivity index (χ4v) is 11.2. The monoisotopic (exact) mass is 880 g/mol. The second kappa shape index (κ2) is 18.1. The molecule has 12 nitrogen and oxygen atoms in total. The summed E-state index contributed by atoms with van der Waals surface area (Å²) in [5.74, 6) is -4.09. The molecule has 0 aliphatic rings. The molecule has 0 saturated carbocycles. The molecule has 2 amide bonds. The van der Waals surface area contributed by atoms with Crippen LogP contribution in [0.1, 0.15) is 150 Å². The largest absolute Gasteiger partial charge is 0.386 e. The van der Waals surface area contributed by atoms with Gasteiger partial charge >= 0.3 is 0 Å². The third kappa shape index (κ3) is 11.3. The highest BCUT2D eigenvalue weighted by Crippen LogP contribution is 2.37. The molecule has 318 valence electrons. The highest BCUT2D eigenvalue weighted by Gasteiger charge is 2.28. The zero-order chi connectivity index (χ0) is 43.7. The van der Waals surface area contributed by atoms with Gasteiger partial charge in [0.1, 0.15) is 15.8 Å². The minimum absolute atomic E-state index is 0.104. The fourth-order valence-electron chi connectivity index (χ4n) is 6.72. The van der Waals surface area contributed by atoms with Crippen molar-refractivity contribution in [2.45, 2.75) is 138 Å². The SMILES string of the molecule is CC(C)c1ccc(F)c(C(C)CCC(C)c2ncc(F)c(C(C)C)c2CC(=O)N=[S@@](N)(=O)c2ncc(C(C)(C)O)s2)c1CC(=O)N=[S@](N)(=O)c1cc(C(C)(C)O)cs1. The molecule has 4 atom stereocenters. The standard InChI is InChI=1S/C40H54F2N6O6S4/c1-21(2)26-13-14-29(41)36(27(26)16-32(49)47-57(43,53)34-15-25(20-55-34)39(7,8)51)23(5)11-12-24(6)37-28(35(22(3)4)30(42)18-45-37)17-33(50)48-58(44,54)38-46-19-31(56-38)40(9,10)52/h13-15,18-24,51-52H,11-12,16-17H2,1-10H3,(H2,43,47,49,53)(H2,44,48,50,54)/t23?,24?,57-,58+/m0/s1. The number of hydrogen-bond donors (Lipinski definition) is 4. The summed E-state index contributed by atoms with van der Waals surface area (Å²) in [7, 11) is -7.46. The third-order valence-corrected chi connectivity index (χ3v) is 15.8. The Hall–Kier alpha value is -3.36. The van der Waals surface area contributed by atoms with Crippen LogP contribution in [0, 0.1) is 11.6 Å². The van der Waals surface area contributed by atoms with Crippen molar-refractivity contribution in [3.8, 4) is 0 Å². The Morgan fingerprint density at radius 1 is 0.793 bits per heavy atom. The van der Waals surface area contributed by atoms with Crippen LogP contribution in [-0.4, -0.2) is 40.4 Å². The molecular weight excluding hydrogens is 827 g/mol. The Kier molecular flexibility index (Phi) is 14.8. The van der Waals surface area contributed by atoms with E-state index in [4.69, 9.17) is 10.3 Å². The number of thiophene rings is 1. The van der Waals surface area contributed by atoms with E-state index in [1.54, 1.807) is 39.1 Å². The van der Waals surface area contributed by atoms with Gasteiger partial charge in [-0.1, -0.05) is 47.6 Å². The molecule has 6 N–H and O–H groups in total. The lowest BCUT2D eigenvalue weighted by Gasteiger charge is -2.24. The number of halogens is 2. The van der Waals surface area contributed by atoms with Crippen LogP contribution in [0.25, 0.3) is 0 Å². The van der Waals surface area contributed by atoms with E-state index in [1.165, 1.54) is 32.2 Å². The van der Waals surface area contributed by atoms with Crippen LogP contribution >= 0.6 is 22.7 Å².